The number of nitrogens with zero attached hydrogens (tertiary/aromatic N) is 2. The van der Waals surface area contributed by atoms with Gasteiger partial charge in [-0.1, -0.05) is 13.3 Å². The van der Waals surface area contributed by atoms with E-state index in [-0.39, 0.29) is 22.9 Å². The summed E-state index contributed by atoms with van der Waals surface area (Å²) in [6.45, 7) is 4.66. The maximum atomic E-state index is 14.6. The van der Waals surface area contributed by atoms with Crippen molar-refractivity contribution in [3.05, 3.63) is 58.9 Å². The first kappa shape index (κ1) is 21.0. The van der Waals surface area contributed by atoms with Crippen molar-refractivity contribution < 1.29 is 23.5 Å². The first-order valence-electron chi connectivity index (χ1n) is 10.4. The molecule has 0 radical (unpaired) electrons. The summed E-state index contributed by atoms with van der Waals surface area (Å²) in [4.78, 5) is 40.8. The van der Waals surface area contributed by atoms with Gasteiger partial charge in [-0.25, -0.2) is 4.39 Å². The predicted octanol–water partition coefficient (Wildman–Crippen LogP) is 3.31. The van der Waals surface area contributed by atoms with E-state index in [9.17, 15) is 18.8 Å². The Hall–Kier alpha value is -3.26. The molecule has 7 nitrogen and oxygen atoms in total. The highest BCUT2D eigenvalue weighted by Crippen LogP contribution is 2.26. The second-order valence-corrected chi connectivity index (χ2v) is 7.60. The van der Waals surface area contributed by atoms with Crippen molar-refractivity contribution in [3.63, 3.8) is 0 Å². The van der Waals surface area contributed by atoms with Gasteiger partial charge in [0.25, 0.3) is 17.7 Å². The van der Waals surface area contributed by atoms with E-state index in [0.717, 1.165) is 12.8 Å². The summed E-state index contributed by atoms with van der Waals surface area (Å²) in [5, 5.41) is 2.66. The number of morpholine rings is 1. The minimum absolute atomic E-state index is 0.225. The van der Waals surface area contributed by atoms with Gasteiger partial charge in [0.05, 0.1) is 30.0 Å². The number of ether oxygens (including phenoxy) is 1. The molecule has 2 aliphatic rings. The van der Waals surface area contributed by atoms with Gasteiger partial charge in [0.15, 0.2) is 0 Å². The molecule has 0 aromatic heterocycles. The van der Waals surface area contributed by atoms with Crippen molar-refractivity contribution in [2.75, 3.05) is 43.1 Å². The molecule has 162 valence electrons. The molecule has 2 aromatic carbocycles. The number of carbonyl (C=O) groups excluding carboxylic acids is 3. The van der Waals surface area contributed by atoms with E-state index in [1.54, 1.807) is 12.1 Å². The summed E-state index contributed by atoms with van der Waals surface area (Å²) in [7, 11) is 0. The zero-order valence-electron chi connectivity index (χ0n) is 17.3. The lowest BCUT2D eigenvalue weighted by Crippen LogP contribution is -2.36. The van der Waals surface area contributed by atoms with E-state index < -0.39 is 11.7 Å². The molecule has 2 aliphatic heterocycles. The molecule has 8 heteroatoms. The molecule has 2 heterocycles. The summed E-state index contributed by atoms with van der Waals surface area (Å²) >= 11 is 0. The van der Waals surface area contributed by atoms with Gasteiger partial charge in [-0.3, -0.25) is 19.3 Å². The fourth-order valence-corrected chi connectivity index (χ4v) is 3.80. The Kier molecular flexibility index (Phi) is 5.99. The van der Waals surface area contributed by atoms with Crippen molar-refractivity contribution in [1.82, 2.24) is 4.90 Å². The third kappa shape index (κ3) is 4.16. The van der Waals surface area contributed by atoms with Crippen LogP contribution in [-0.4, -0.2) is 55.5 Å². The first-order valence-corrected chi connectivity index (χ1v) is 10.4. The molecule has 0 atom stereocenters. The van der Waals surface area contributed by atoms with E-state index >= 15 is 0 Å². The van der Waals surface area contributed by atoms with Crippen LogP contribution in [0.15, 0.2) is 36.4 Å². The number of nitrogens with one attached hydrogen (secondary N) is 1. The molecule has 3 amide bonds. The summed E-state index contributed by atoms with van der Waals surface area (Å²) in [6, 6.07) is 8.97. The van der Waals surface area contributed by atoms with Crippen LogP contribution in [-0.2, 0) is 4.74 Å². The van der Waals surface area contributed by atoms with Gasteiger partial charge in [0, 0.05) is 30.9 Å². The van der Waals surface area contributed by atoms with Crippen LogP contribution in [0, 0.1) is 5.82 Å². The number of anilines is 2. The number of amides is 3. The van der Waals surface area contributed by atoms with Crippen LogP contribution in [0.4, 0.5) is 15.8 Å². The number of carbonyl (C=O) groups is 3. The summed E-state index contributed by atoms with van der Waals surface area (Å²) in [5.41, 5.74) is 1.54. The van der Waals surface area contributed by atoms with Crippen molar-refractivity contribution in [3.8, 4) is 0 Å². The summed E-state index contributed by atoms with van der Waals surface area (Å²) in [6.07, 6.45) is 1.59. The number of fused-ring (bicyclic) bond motifs is 1. The molecular weight excluding hydrogens is 401 g/mol. The van der Waals surface area contributed by atoms with Crippen LogP contribution in [0.25, 0.3) is 0 Å². The molecule has 0 unspecified atom stereocenters. The second kappa shape index (κ2) is 8.85. The zero-order valence-corrected chi connectivity index (χ0v) is 17.3. The Balaban J connectivity index is 1.49. The van der Waals surface area contributed by atoms with Gasteiger partial charge < -0.3 is 15.0 Å². The number of imide groups is 1. The molecule has 0 spiro atoms. The van der Waals surface area contributed by atoms with Gasteiger partial charge in [-0.05, 0) is 42.8 Å². The van der Waals surface area contributed by atoms with Crippen LogP contribution >= 0.6 is 0 Å². The third-order valence-corrected chi connectivity index (χ3v) is 5.53. The Morgan fingerprint density at radius 1 is 1.06 bits per heavy atom. The highest BCUT2D eigenvalue weighted by atomic mass is 19.1. The highest BCUT2D eigenvalue weighted by molar-refractivity contribution is 6.22. The number of rotatable bonds is 6. The number of unbranched alkanes of at least 4 members (excludes halogenated alkanes) is 1. The molecule has 4 rings (SSSR count). The van der Waals surface area contributed by atoms with Gasteiger partial charge in [0.1, 0.15) is 5.82 Å². The van der Waals surface area contributed by atoms with E-state index in [2.05, 4.69) is 5.32 Å². The van der Waals surface area contributed by atoms with Crippen LogP contribution in [0.2, 0.25) is 0 Å². The summed E-state index contributed by atoms with van der Waals surface area (Å²) < 4.78 is 19.9. The number of benzene rings is 2. The van der Waals surface area contributed by atoms with E-state index in [1.165, 1.54) is 29.2 Å². The maximum absolute atomic E-state index is 14.6. The fraction of sp³-hybridized carbons (Fsp3) is 0.348. The standard InChI is InChI=1S/C23H24FN3O4/c1-2-3-8-27-22(29)17-6-4-15(13-18(17)23(27)30)21(28)25-16-5-7-20(19(24)14-16)26-9-11-31-12-10-26/h4-7,13-14H,2-3,8-12H2,1H3,(H,25,28). The second-order valence-electron chi connectivity index (χ2n) is 7.60. The molecule has 0 saturated carbocycles. The van der Waals surface area contributed by atoms with Crippen molar-refractivity contribution in [1.29, 1.82) is 0 Å². The minimum Gasteiger partial charge on any atom is -0.378 e. The molecule has 0 bridgehead atoms. The molecule has 1 fully saturated rings. The lowest BCUT2D eigenvalue weighted by Gasteiger charge is -2.29. The largest absolute Gasteiger partial charge is 0.378 e. The van der Waals surface area contributed by atoms with Crippen LogP contribution in [0.5, 0.6) is 0 Å². The SMILES string of the molecule is CCCCN1C(=O)c2ccc(C(=O)Nc3ccc(N4CCOCC4)c(F)c3)cc2C1=O. The van der Waals surface area contributed by atoms with Crippen molar-refractivity contribution in [2.24, 2.45) is 0 Å². The molecule has 2 aromatic rings. The minimum atomic E-state index is -0.478. The van der Waals surface area contributed by atoms with Gasteiger partial charge in [0.2, 0.25) is 0 Å². The third-order valence-electron chi connectivity index (χ3n) is 5.53. The smallest absolute Gasteiger partial charge is 0.261 e. The molecule has 1 saturated heterocycles. The number of hydrogen-bond donors (Lipinski definition) is 1. The predicted molar refractivity (Wildman–Crippen MR) is 114 cm³/mol. The van der Waals surface area contributed by atoms with Crippen LogP contribution in [0.3, 0.4) is 0 Å². The molecule has 31 heavy (non-hydrogen) atoms. The van der Waals surface area contributed by atoms with E-state index in [1.807, 2.05) is 11.8 Å². The molecular formula is C23H24FN3O4. The Bertz CT molecular complexity index is 1030. The molecule has 1 N–H and O–H groups in total. The van der Waals surface area contributed by atoms with E-state index in [0.29, 0.717) is 49.8 Å². The Labute approximate surface area is 179 Å². The highest BCUT2D eigenvalue weighted by Gasteiger charge is 2.35. The topological polar surface area (TPSA) is 79.0 Å². The van der Waals surface area contributed by atoms with Gasteiger partial charge >= 0.3 is 0 Å². The number of hydrogen-bond acceptors (Lipinski definition) is 5. The van der Waals surface area contributed by atoms with Crippen LogP contribution < -0.4 is 10.2 Å². The van der Waals surface area contributed by atoms with Gasteiger partial charge in [-0.2, -0.15) is 0 Å². The lowest BCUT2D eigenvalue weighted by atomic mass is 10.1. The average Bonchev–Trinajstić information content (AvgIpc) is 3.02. The quantitative estimate of drug-likeness (QED) is 0.719. The Morgan fingerprint density at radius 2 is 1.81 bits per heavy atom. The normalized spacial score (nSPS) is 15.9. The van der Waals surface area contributed by atoms with Crippen LogP contribution in [0.1, 0.15) is 50.8 Å². The number of halogens is 1. The van der Waals surface area contributed by atoms with Crippen molar-refractivity contribution in [2.45, 2.75) is 19.8 Å². The summed E-state index contributed by atoms with van der Waals surface area (Å²) in [5.74, 6) is -1.63. The lowest BCUT2D eigenvalue weighted by molar-refractivity contribution is 0.0652. The first-order chi connectivity index (χ1) is 15.0. The van der Waals surface area contributed by atoms with Crippen molar-refractivity contribution >= 4 is 29.1 Å². The Morgan fingerprint density at radius 3 is 2.52 bits per heavy atom. The van der Waals surface area contributed by atoms with E-state index in [4.69, 9.17) is 4.74 Å². The zero-order chi connectivity index (χ0) is 22.0. The van der Waals surface area contributed by atoms with Gasteiger partial charge in [-0.15, -0.1) is 0 Å². The maximum Gasteiger partial charge on any atom is 0.261 e. The molecule has 0 aliphatic carbocycles. The average molecular weight is 425 g/mol. The fourth-order valence-electron chi connectivity index (χ4n) is 3.80. The monoisotopic (exact) mass is 425 g/mol.